The zero-order chi connectivity index (χ0) is 23.4. The minimum Gasteiger partial charge on any atom is -0.485 e. The molecule has 0 spiro atoms. The van der Waals surface area contributed by atoms with Crippen molar-refractivity contribution < 1.29 is 22.7 Å². The van der Waals surface area contributed by atoms with Crippen LogP contribution in [0.1, 0.15) is 45.1 Å². The standard InChI is InChI=1S/C25H30N2O5S/c1-24(10-11-24)32-23(28)27-12-8-19(9-13-27)25(2)15-18-14-21(26-16-22(18)31-25)17-4-6-20(7-5-17)33(3,29)30/h4-7,14,16,19H,8-13,15H2,1-3H3/t25-/m0/s1. The molecule has 0 unspecified atom stereocenters. The van der Waals surface area contributed by atoms with Crippen molar-refractivity contribution in [2.24, 2.45) is 5.92 Å². The van der Waals surface area contributed by atoms with Gasteiger partial charge in [-0.15, -0.1) is 0 Å². The summed E-state index contributed by atoms with van der Waals surface area (Å²) in [4.78, 5) is 19.1. The van der Waals surface area contributed by atoms with E-state index in [0.717, 1.165) is 54.7 Å². The topological polar surface area (TPSA) is 85.8 Å². The molecule has 1 atom stereocenters. The van der Waals surface area contributed by atoms with Gasteiger partial charge in [0.05, 0.1) is 16.8 Å². The maximum Gasteiger partial charge on any atom is 0.410 e. The Hall–Kier alpha value is -2.61. The van der Waals surface area contributed by atoms with E-state index in [1.165, 1.54) is 6.26 Å². The molecular weight excluding hydrogens is 440 g/mol. The smallest absolute Gasteiger partial charge is 0.410 e. The molecule has 1 aromatic heterocycles. The monoisotopic (exact) mass is 470 g/mol. The highest BCUT2D eigenvalue weighted by Gasteiger charge is 2.46. The second-order valence-electron chi connectivity index (χ2n) is 10.1. The molecule has 3 heterocycles. The predicted molar refractivity (Wildman–Crippen MR) is 124 cm³/mol. The van der Waals surface area contributed by atoms with E-state index >= 15 is 0 Å². The highest BCUT2D eigenvalue weighted by molar-refractivity contribution is 7.90. The summed E-state index contributed by atoms with van der Waals surface area (Å²) >= 11 is 0. The number of piperidine rings is 1. The molecule has 2 aliphatic heterocycles. The van der Waals surface area contributed by atoms with Gasteiger partial charge in [0.1, 0.15) is 17.0 Å². The van der Waals surface area contributed by atoms with E-state index in [9.17, 15) is 13.2 Å². The molecule has 0 bridgehead atoms. The number of carbonyl (C=O) groups is 1. The van der Waals surface area contributed by atoms with Gasteiger partial charge >= 0.3 is 6.09 Å². The Balaban J connectivity index is 1.25. The molecule has 1 saturated carbocycles. The molecule has 0 N–H and O–H groups in total. The van der Waals surface area contributed by atoms with E-state index in [-0.39, 0.29) is 17.3 Å². The SMILES string of the molecule is CC1(OC(=O)N2CCC([C@]3(C)Cc4cc(-c5ccc(S(C)(=O)=O)cc5)ncc4O3)CC2)CC1. The molecule has 2 fully saturated rings. The van der Waals surface area contributed by atoms with Gasteiger partial charge in [-0.05, 0) is 57.7 Å². The van der Waals surface area contributed by atoms with E-state index in [0.29, 0.717) is 23.9 Å². The van der Waals surface area contributed by atoms with Crippen LogP contribution in [0.15, 0.2) is 41.4 Å². The van der Waals surface area contributed by atoms with Crippen LogP contribution < -0.4 is 4.74 Å². The molecule has 33 heavy (non-hydrogen) atoms. The number of sulfone groups is 1. The fraction of sp³-hybridized carbons (Fsp3) is 0.520. The highest BCUT2D eigenvalue weighted by atomic mass is 32.2. The number of amides is 1. The summed E-state index contributed by atoms with van der Waals surface area (Å²) in [5.74, 6) is 1.14. The van der Waals surface area contributed by atoms with Gasteiger partial charge in [0.2, 0.25) is 0 Å². The summed E-state index contributed by atoms with van der Waals surface area (Å²) in [6.07, 6.45) is 7.23. The van der Waals surface area contributed by atoms with Crippen molar-refractivity contribution >= 4 is 15.9 Å². The Morgan fingerprint density at radius 1 is 1.15 bits per heavy atom. The minimum atomic E-state index is -3.23. The molecule has 1 aromatic carbocycles. The van der Waals surface area contributed by atoms with Gasteiger partial charge in [-0.2, -0.15) is 0 Å². The lowest BCUT2D eigenvalue weighted by Gasteiger charge is -2.39. The van der Waals surface area contributed by atoms with Crippen LogP contribution in [0, 0.1) is 5.92 Å². The van der Waals surface area contributed by atoms with Crippen molar-refractivity contribution in [3.8, 4) is 17.0 Å². The third-order valence-corrected chi connectivity index (χ3v) is 8.44. The first-order valence-corrected chi connectivity index (χ1v) is 13.4. The first-order valence-electron chi connectivity index (χ1n) is 11.5. The zero-order valence-electron chi connectivity index (χ0n) is 19.3. The lowest BCUT2D eigenvalue weighted by molar-refractivity contribution is 0.00192. The van der Waals surface area contributed by atoms with Crippen molar-refractivity contribution in [2.45, 2.75) is 62.0 Å². The molecule has 176 valence electrons. The number of pyridine rings is 1. The number of benzene rings is 1. The van der Waals surface area contributed by atoms with Gasteiger partial charge in [0, 0.05) is 42.8 Å². The summed E-state index contributed by atoms with van der Waals surface area (Å²) < 4.78 is 35.5. The lowest BCUT2D eigenvalue weighted by Crippen LogP contribution is -2.48. The molecule has 2 aromatic rings. The summed E-state index contributed by atoms with van der Waals surface area (Å²) in [5, 5.41) is 0. The number of likely N-dealkylation sites (tertiary alicyclic amines) is 1. The summed E-state index contributed by atoms with van der Waals surface area (Å²) in [6.45, 7) is 5.51. The number of hydrogen-bond donors (Lipinski definition) is 0. The number of carbonyl (C=O) groups excluding carboxylic acids is 1. The fourth-order valence-corrected chi connectivity index (χ4v) is 5.50. The van der Waals surface area contributed by atoms with Gasteiger partial charge in [-0.25, -0.2) is 13.2 Å². The van der Waals surface area contributed by atoms with Crippen LogP contribution in [0.25, 0.3) is 11.3 Å². The van der Waals surface area contributed by atoms with E-state index in [1.807, 2.05) is 17.9 Å². The lowest BCUT2D eigenvalue weighted by atomic mass is 9.79. The number of ether oxygens (including phenoxy) is 2. The van der Waals surface area contributed by atoms with Crippen LogP contribution >= 0.6 is 0 Å². The first kappa shape index (κ1) is 22.2. The van der Waals surface area contributed by atoms with E-state index in [1.54, 1.807) is 30.5 Å². The molecule has 0 radical (unpaired) electrons. The number of aromatic nitrogens is 1. The molecule has 1 aliphatic carbocycles. The van der Waals surface area contributed by atoms with Gasteiger partial charge in [-0.1, -0.05) is 12.1 Å². The summed E-state index contributed by atoms with van der Waals surface area (Å²) in [7, 11) is -3.23. The zero-order valence-corrected chi connectivity index (χ0v) is 20.2. The van der Waals surface area contributed by atoms with Crippen LogP contribution in [-0.2, 0) is 21.0 Å². The molecule has 5 rings (SSSR count). The largest absolute Gasteiger partial charge is 0.485 e. The Morgan fingerprint density at radius 3 is 2.42 bits per heavy atom. The number of hydrogen-bond acceptors (Lipinski definition) is 6. The molecule has 7 nitrogen and oxygen atoms in total. The van der Waals surface area contributed by atoms with Crippen LogP contribution in [0.2, 0.25) is 0 Å². The van der Waals surface area contributed by atoms with E-state index < -0.39 is 9.84 Å². The van der Waals surface area contributed by atoms with Crippen molar-refractivity contribution in [3.05, 3.63) is 42.1 Å². The third-order valence-electron chi connectivity index (χ3n) is 7.32. The first-order chi connectivity index (χ1) is 15.5. The number of nitrogens with zero attached hydrogens (tertiary/aromatic N) is 2. The van der Waals surface area contributed by atoms with Crippen LogP contribution in [-0.4, -0.2) is 54.9 Å². The normalized spacial score (nSPS) is 24.2. The van der Waals surface area contributed by atoms with Gasteiger partial charge in [-0.3, -0.25) is 4.98 Å². The van der Waals surface area contributed by atoms with E-state index in [4.69, 9.17) is 9.47 Å². The third kappa shape index (κ3) is 4.45. The molecule has 3 aliphatic rings. The predicted octanol–water partition coefficient (Wildman–Crippen LogP) is 4.25. The van der Waals surface area contributed by atoms with Crippen LogP contribution in [0.5, 0.6) is 5.75 Å². The van der Waals surface area contributed by atoms with E-state index in [2.05, 4.69) is 11.9 Å². The van der Waals surface area contributed by atoms with Gasteiger partial charge in [0.25, 0.3) is 0 Å². The maximum atomic E-state index is 12.4. The molecule has 1 amide bonds. The van der Waals surface area contributed by atoms with Crippen molar-refractivity contribution in [1.29, 1.82) is 0 Å². The van der Waals surface area contributed by atoms with Gasteiger partial charge < -0.3 is 14.4 Å². The number of fused-ring (bicyclic) bond motifs is 1. The van der Waals surface area contributed by atoms with Crippen LogP contribution in [0.3, 0.4) is 0 Å². The Bertz CT molecular complexity index is 1180. The summed E-state index contributed by atoms with van der Waals surface area (Å²) in [6, 6.07) is 8.85. The Kier molecular flexibility index (Phi) is 5.19. The second-order valence-corrected chi connectivity index (χ2v) is 12.2. The Morgan fingerprint density at radius 2 is 1.82 bits per heavy atom. The average Bonchev–Trinajstić information content (AvgIpc) is 3.39. The van der Waals surface area contributed by atoms with Crippen molar-refractivity contribution in [1.82, 2.24) is 9.88 Å². The van der Waals surface area contributed by atoms with Crippen molar-refractivity contribution in [2.75, 3.05) is 19.3 Å². The average molecular weight is 471 g/mol. The second kappa shape index (κ2) is 7.72. The minimum absolute atomic E-state index is 0.190. The Labute approximate surface area is 195 Å². The van der Waals surface area contributed by atoms with Crippen molar-refractivity contribution in [3.63, 3.8) is 0 Å². The highest BCUT2D eigenvalue weighted by Crippen LogP contribution is 2.44. The summed E-state index contributed by atoms with van der Waals surface area (Å²) in [5.41, 5.74) is 2.20. The fourth-order valence-electron chi connectivity index (χ4n) is 4.86. The maximum absolute atomic E-state index is 12.4. The van der Waals surface area contributed by atoms with Crippen LogP contribution in [0.4, 0.5) is 4.79 Å². The molecule has 8 heteroatoms. The molecule has 1 saturated heterocycles. The molecular formula is C25H30N2O5S. The van der Waals surface area contributed by atoms with Gasteiger partial charge in [0.15, 0.2) is 9.84 Å². The quantitative estimate of drug-likeness (QED) is 0.664. The number of rotatable bonds is 4.